The van der Waals surface area contributed by atoms with Gasteiger partial charge in [-0.15, -0.1) is 0 Å². The monoisotopic (exact) mass is 312 g/mol. The number of rotatable bonds is 5. The highest BCUT2D eigenvalue weighted by molar-refractivity contribution is 5.96. The average molecular weight is 312 g/mol. The quantitative estimate of drug-likeness (QED) is 0.671. The van der Waals surface area contributed by atoms with Crippen molar-refractivity contribution in [3.05, 3.63) is 74.8 Å². The highest BCUT2D eigenvalue weighted by atomic mass is 16.6. The molecule has 0 heterocycles. The highest BCUT2D eigenvalue weighted by Crippen LogP contribution is 2.22. The molecule has 5 heteroatoms. The number of nitrogens with zero attached hydrogens (tertiary/aromatic N) is 1. The van der Waals surface area contributed by atoms with Crippen molar-refractivity contribution >= 4 is 11.6 Å². The van der Waals surface area contributed by atoms with Crippen LogP contribution in [0, 0.1) is 17.0 Å². The molecule has 5 nitrogen and oxygen atoms in total. The third-order valence-corrected chi connectivity index (χ3v) is 3.98. The smallest absolute Gasteiger partial charge is 0.273 e. The molecule has 0 bridgehead atoms. The van der Waals surface area contributed by atoms with Gasteiger partial charge in [-0.05, 0) is 37.5 Å². The Morgan fingerprint density at radius 2 is 1.87 bits per heavy atom. The van der Waals surface area contributed by atoms with Gasteiger partial charge in [0.25, 0.3) is 11.6 Å². The first-order valence-corrected chi connectivity index (χ1v) is 7.57. The van der Waals surface area contributed by atoms with Crippen LogP contribution in [0.2, 0.25) is 0 Å². The molecule has 0 aromatic heterocycles. The Morgan fingerprint density at radius 3 is 2.43 bits per heavy atom. The molecule has 120 valence electrons. The molecule has 0 saturated carbocycles. The van der Waals surface area contributed by atoms with Crippen LogP contribution in [0.25, 0.3) is 0 Å². The van der Waals surface area contributed by atoms with Crippen molar-refractivity contribution < 1.29 is 9.72 Å². The standard InChI is InChI=1S/C18H20N2O3/c1-4-14-8-10-15(11-9-14)13(3)19-18(21)16-6-5-7-17(12(16)2)20(22)23/h5-11,13H,4H2,1-3H3,(H,19,21). The van der Waals surface area contributed by atoms with E-state index in [9.17, 15) is 14.9 Å². The van der Waals surface area contributed by atoms with E-state index >= 15 is 0 Å². The molecule has 0 aliphatic heterocycles. The van der Waals surface area contributed by atoms with Crippen molar-refractivity contribution in [1.29, 1.82) is 0 Å². The van der Waals surface area contributed by atoms with Gasteiger partial charge in [-0.25, -0.2) is 0 Å². The van der Waals surface area contributed by atoms with E-state index in [-0.39, 0.29) is 17.6 Å². The van der Waals surface area contributed by atoms with Crippen molar-refractivity contribution in [2.75, 3.05) is 0 Å². The molecule has 0 saturated heterocycles. The zero-order valence-corrected chi connectivity index (χ0v) is 13.5. The maximum atomic E-state index is 12.4. The van der Waals surface area contributed by atoms with Gasteiger partial charge in [0.2, 0.25) is 0 Å². The Morgan fingerprint density at radius 1 is 1.22 bits per heavy atom. The van der Waals surface area contributed by atoms with Gasteiger partial charge < -0.3 is 5.32 Å². The Hall–Kier alpha value is -2.69. The van der Waals surface area contributed by atoms with Gasteiger partial charge in [-0.3, -0.25) is 14.9 Å². The number of amides is 1. The first-order valence-electron chi connectivity index (χ1n) is 7.57. The van der Waals surface area contributed by atoms with Gasteiger partial charge in [0.1, 0.15) is 0 Å². The van der Waals surface area contributed by atoms with Crippen molar-refractivity contribution in [3.8, 4) is 0 Å². The maximum absolute atomic E-state index is 12.4. The van der Waals surface area contributed by atoms with E-state index in [0.717, 1.165) is 12.0 Å². The van der Waals surface area contributed by atoms with E-state index in [1.807, 2.05) is 31.2 Å². The van der Waals surface area contributed by atoms with Gasteiger partial charge in [-0.1, -0.05) is 37.3 Å². The van der Waals surface area contributed by atoms with Crippen molar-refractivity contribution in [3.63, 3.8) is 0 Å². The Bertz CT molecular complexity index is 724. The second kappa shape index (κ2) is 7.05. The lowest BCUT2D eigenvalue weighted by molar-refractivity contribution is -0.385. The molecule has 2 aromatic carbocycles. The van der Waals surface area contributed by atoms with E-state index in [4.69, 9.17) is 0 Å². The summed E-state index contributed by atoms with van der Waals surface area (Å²) in [6.45, 7) is 5.57. The fourth-order valence-electron chi connectivity index (χ4n) is 2.47. The van der Waals surface area contributed by atoms with Gasteiger partial charge in [0.05, 0.1) is 11.0 Å². The molecule has 2 rings (SSSR count). The Labute approximate surface area is 135 Å². The summed E-state index contributed by atoms with van der Waals surface area (Å²) in [4.78, 5) is 22.9. The van der Waals surface area contributed by atoms with E-state index in [1.165, 1.54) is 17.7 Å². The molecule has 0 aliphatic carbocycles. The summed E-state index contributed by atoms with van der Waals surface area (Å²) in [6.07, 6.45) is 0.966. The summed E-state index contributed by atoms with van der Waals surface area (Å²) in [5.41, 5.74) is 2.90. The second-order valence-corrected chi connectivity index (χ2v) is 5.50. The fraction of sp³-hybridized carbons (Fsp3) is 0.278. The van der Waals surface area contributed by atoms with Crippen LogP contribution in [0.3, 0.4) is 0 Å². The summed E-state index contributed by atoms with van der Waals surface area (Å²) in [5.74, 6) is -0.307. The zero-order valence-electron chi connectivity index (χ0n) is 13.5. The Kier molecular flexibility index (Phi) is 5.11. The third kappa shape index (κ3) is 3.74. The summed E-state index contributed by atoms with van der Waals surface area (Å²) < 4.78 is 0. The summed E-state index contributed by atoms with van der Waals surface area (Å²) in [7, 11) is 0. The normalized spacial score (nSPS) is 11.8. The molecular weight excluding hydrogens is 292 g/mol. The van der Waals surface area contributed by atoms with E-state index in [2.05, 4.69) is 12.2 Å². The first kappa shape index (κ1) is 16.7. The van der Waals surface area contributed by atoms with E-state index < -0.39 is 4.92 Å². The maximum Gasteiger partial charge on any atom is 0.273 e. The first-order chi connectivity index (χ1) is 10.9. The zero-order chi connectivity index (χ0) is 17.0. The minimum atomic E-state index is -0.473. The predicted octanol–water partition coefficient (Wildman–Crippen LogP) is 3.96. The topological polar surface area (TPSA) is 72.2 Å². The summed E-state index contributed by atoms with van der Waals surface area (Å²) in [6, 6.07) is 12.4. The molecular formula is C18H20N2O3. The molecule has 0 aliphatic rings. The average Bonchev–Trinajstić information content (AvgIpc) is 2.54. The molecule has 2 aromatic rings. The summed E-state index contributed by atoms with van der Waals surface area (Å²) in [5, 5.41) is 13.9. The van der Waals surface area contributed by atoms with E-state index in [0.29, 0.717) is 11.1 Å². The molecule has 0 fully saturated rings. The minimum Gasteiger partial charge on any atom is -0.346 e. The van der Waals surface area contributed by atoms with Crippen LogP contribution in [0.4, 0.5) is 5.69 Å². The molecule has 23 heavy (non-hydrogen) atoms. The largest absolute Gasteiger partial charge is 0.346 e. The van der Waals surface area contributed by atoms with Crippen LogP contribution >= 0.6 is 0 Å². The third-order valence-electron chi connectivity index (χ3n) is 3.98. The van der Waals surface area contributed by atoms with Crippen LogP contribution in [0.5, 0.6) is 0 Å². The van der Waals surface area contributed by atoms with Gasteiger partial charge in [0, 0.05) is 17.2 Å². The number of hydrogen-bond acceptors (Lipinski definition) is 3. The number of nitrogens with one attached hydrogen (secondary N) is 1. The number of nitro benzene ring substituents is 1. The number of carbonyl (C=O) groups is 1. The molecule has 1 N–H and O–H groups in total. The molecule has 1 atom stereocenters. The van der Waals surface area contributed by atoms with Crippen LogP contribution in [-0.2, 0) is 6.42 Å². The van der Waals surface area contributed by atoms with Crippen LogP contribution in [0.15, 0.2) is 42.5 Å². The van der Waals surface area contributed by atoms with Gasteiger partial charge >= 0.3 is 0 Å². The number of benzene rings is 2. The number of hydrogen-bond donors (Lipinski definition) is 1. The lowest BCUT2D eigenvalue weighted by atomic mass is 10.0. The van der Waals surface area contributed by atoms with Crippen LogP contribution in [-0.4, -0.2) is 10.8 Å². The molecule has 1 unspecified atom stereocenters. The highest BCUT2D eigenvalue weighted by Gasteiger charge is 2.19. The van der Waals surface area contributed by atoms with Crippen molar-refractivity contribution in [2.24, 2.45) is 0 Å². The van der Waals surface area contributed by atoms with Gasteiger partial charge in [-0.2, -0.15) is 0 Å². The SMILES string of the molecule is CCc1ccc(C(C)NC(=O)c2cccc([N+](=O)[O-])c2C)cc1. The van der Waals surface area contributed by atoms with Crippen molar-refractivity contribution in [2.45, 2.75) is 33.2 Å². The lowest BCUT2D eigenvalue weighted by Gasteiger charge is -2.15. The minimum absolute atomic E-state index is 0.0439. The predicted molar refractivity (Wildman–Crippen MR) is 89.5 cm³/mol. The number of aryl methyl sites for hydroxylation is 1. The Balaban J connectivity index is 2.18. The van der Waals surface area contributed by atoms with Crippen molar-refractivity contribution in [1.82, 2.24) is 5.32 Å². The van der Waals surface area contributed by atoms with E-state index in [1.54, 1.807) is 13.0 Å². The van der Waals surface area contributed by atoms with Gasteiger partial charge in [0.15, 0.2) is 0 Å². The summed E-state index contributed by atoms with van der Waals surface area (Å²) >= 11 is 0. The lowest BCUT2D eigenvalue weighted by Crippen LogP contribution is -2.27. The number of nitro groups is 1. The molecule has 0 radical (unpaired) electrons. The van der Waals surface area contributed by atoms with Crippen LogP contribution in [0.1, 0.15) is 46.9 Å². The van der Waals surface area contributed by atoms with Crippen LogP contribution < -0.4 is 5.32 Å². The molecule has 1 amide bonds. The second-order valence-electron chi connectivity index (χ2n) is 5.50. The molecule has 0 spiro atoms. The fourth-order valence-corrected chi connectivity index (χ4v) is 2.47. The number of carbonyl (C=O) groups excluding carboxylic acids is 1.